The Balaban J connectivity index is 2.39. The smallest absolute Gasteiger partial charge is 0.261 e. The number of para-hydroxylation sites is 1. The van der Waals surface area contributed by atoms with Crippen molar-refractivity contribution in [2.75, 3.05) is 17.7 Å². The zero-order chi connectivity index (χ0) is 14.0. The summed E-state index contributed by atoms with van der Waals surface area (Å²) in [4.78, 5) is 13.7. The molecule has 0 atom stereocenters. The average Bonchev–Trinajstić information content (AvgIpc) is 2.40. The number of anilines is 2. The first kappa shape index (κ1) is 13.1. The second-order valence-electron chi connectivity index (χ2n) is 4.39. The van der Waals surface area contributed by atoms with Gasteiger partial charge in [-0.3, -0.25) is 4.79 Å². The van der Waals surface area contributed by atoms with Crippen molar-refractivity contribution in [2.45, 2.75) is 6.92 Å². The minimum Gasteiger partial charge on any atom is -0.399 e. The maximum atomic E-state index is 13.7. The highest BCUT2D eigenvalue weighted by molar-refractivity contribution is 6.06. The van der Waals surface area contributed by atoms with Crippen LogP contribution in [0.3, 0.4) is 0 Å². The molecule has 2 aromatic rings. The van der Waals surface area contributed by atoms with Crippen molar-refractivity contribution < 1.29 is 9.18 Å². The molecule has 0 aliphatic rings. The summed E-state index contributed by atoms with van der Waals surface area (Å²) in [5.74, 6) is -0.987. The molecule has 0 saturated heterocycles. The lowest BCUT2D eigenvalue weighted by Gasteiger charge is -2.20. The number of carbonyl (C=O) groups excluding carboxylic acids is 1. The molecule has 0 spiro atoms. The molecule has 0 aliphatic heterocycles. The Bertz CT molecular complexity index is 625. The fourth-order valence-corrected chi connectivity index (χ4v) is 1.94. The van der Waals surface area contributed by atoms with E-state index in [1.165, 1.54) is 23.1 Å². The monoisotopic (exact) mass is 258 g/mol. The fourth-order valence-electron chi connectivity index (χ4n) is 1.94. The number of nitrogen functional groups attached to an aromatic ring is 1. The minimum absolute atomic E-state index is 0.0225. The summed E-state index contributed by atoms with van der Waals surface area (Å²) >= 11 is 0. The Morgan fingerprint density at radius 3 is 2.58 bits per heavy atom. The van der Waals surface area contributed by atoms with Gasteiger partial charge in [0, 0.05) is 18.4 Å². The Labute approximate surface area is 111 Å². The maximum Gasteiger partial charge on any atom is 0.261 e. The van der Waals surface area contributed by atoms with Crippen LogP contribution in [0.5, 0.6) is 0 Å². The third-order valence-corrected chi connectivity index (χ3v) is 3.00. The average molecular weight is 258 g/mol. The van der Waals surface area contributed by atoms with E-state index in [0.717, 1.165) is 11.3 Å². The van der Waals surface area contributed by atoms with Crippen LogP contribution in [0.15, 0.2) is 42.5 Å². The molecule has 2 rings (SSSR count). The van der Waals surface area contributed by atoms with E-state index in [9.17, 15) is 9.18 Å². The van der Waals surface area contributed by atoms with Gasteiger partial charge in [-0.2, -0.15) is 0 Å². The molecule has 3 nitrogen and oxygen atoms in total. The Kier molecular flexibility index (Phi) is 3.51. The van der Waals surface area contributed by atoms with Crippen molar-refractivity contribution in [3.05, 3.63) is 59.4 Å². The van der Waals surface area contributed by atoms with Crippen LogP contribution < -0.4 is 10.6 Å². The van der Waals surface area contributed by atoms with E-state index in [1.807, 2.05) is 31.2 Å². The van der Waals surface area contributed by atoms with Gasteiger partial charge in [-0.25, -0.2) is 4.39 Å². The molecule has 2 N–H and O–H groups in total. The molecule has 0 saturated carbocycles. The Morgan fingerprint density at radius 2 is 1.89 bits per heavy atom. The quantitative estimate of drug-likeness (QED) is 0.842. The van der Waals surface area contributed by atoms with E-state index in [4.69, 9.17) is 5.73 Å². The van der Waals surface area contributed by atoms with Gasteiger partial charge in [0.25, 0.3) is 5.91 Å². The van der Waals surface area contributed by atoms with Crippen molar-refractivity contribution in [3.8, 4) is 0 Å². The summed E-state index contributed by atoms with van der Waals surface area (Å²) in [6.07, 6.45) is 0. The van der Waals surface area contributed by atoms with Gasteiger partial charge >= 0.3 is 0 Å². The molecule has 0 fully saturated rings. The van der Waals surface area contributed by atoms with E-state index in [2.05, 4.69) is 0 Å². The molecule has 2 aromatic carbocycles. The number of carbonyl (C=O) groups is 1. The van der Waals surface area contributed by atoms with Crippen LogP contribution in [0.1, 0.15) is 15.9 Å². The van der Waals surface area contributed by atoms with Crippen LogP contribution in [0.4, 0.5) is 15.8 Å². The van der Waals surface area contributed by atoms with E-state index < -0.39 is 11.7 Å². The largest absolute Gasteiger partial charge is 0.399 e. The predicted octanol–water partition coefficient (Wildman–Crippen LogP) is 2.99. The maximum absolute atomic E-state index is 13.7. The highest BCUT2D eigenvalue weighted by Crippen LogP contribution is 2.21. The Morgan fingerprint density at radius 1 is 1.21 bits per heavy atom. The molecule has 0 aliphatic carbocycles. The van der Waals surface area contributed by atoms with Gasteiger partial charge in [0.05, 0.1) is 5.56 Å². The number of amides is 1. The molecule has 0 radical (unpaired) electrons. The molecule has 0 heterocycles. The number of rotatable bonds is 2. The molecule has 0 aromatic heterocycles. The van der Waals surface area contributed by atoms with Crippen LogP contribution in [0.25, 0.3) is 0 Å². The number of benzene rings is 2. The number of nitrogens with zero attached hydrogens (tertiary/aromatic N) is 1. The van der Waals surface area contributed by atoms with Gasteiger partial charge in [0.15, 0.2) is 0 Å². The van der Waals surface area contributed by atoms with Crippen molar-refractivity contribution in [2.24, 2.45) is 0 Å². The highest BCUT2D eigenvalue weighted by atomic mass is 19.1. The van der Waals surface area contributed by atoms with Crippen LogP contribution in [0.2, 0.25) is 0 Å². The second-order valence-corrected chi connectivity index (χ2v) is 4.39. The van der Waals surface area contributed by atoms with E-state index in [1.54, 1.807) is 7.05 Å². The SMILES string of the molecule is Cc1ccccc1N(C)C(=O)c1cc(N)ccc1F. The van der Waals surface area contributed by atoms with Gasteiger partial charge in [0.2, 0.25) is 0 Å². The summed E-state index contributed by atoms with van der Waals surface area (Å²) in [7, 11) is 1.62. The van der Waals surface area contributed by atoms with Crippen LogP contribution in [-0.4, -0.2) is 13.0 Å². The molecule has 0 unspecified atom stereocenters. The van der Waals surface area contributed by atoms with Crippen molar-refractivity contribution >= 4 is 17.3 Å². The number of hydrogen-bond donors (Lipinski definition) is 1. The van der Waals surface area contributed by atoms with Gasteiger partial charge in [-0.1, -0.05) is 18.2 Å². The first-order valence-electron chi connectivity index (χ1n) is 5.89. The molecule has 1 amide bonds. The van der Waals surface area contributed by atoms with E-state index in [-0.39, 0.29) is 5.56 Å². The lowest BCUT2D eigenvalue weighted by molar-refractivity contribution is 0.0989. The normalized spacial score (nSPS) is 10.3. The van der Waals surface area contributed by atoms with Crippen molar-refractivity contribution in [3.63, 3.8) is 0 Å². The molecule has 19 heavy (non-hydrogen) atoms. The summed E-state index contributed by atoms with van der Waals surface area (Å²) in [5, 5.41) is 0. The molecule has 0 bridgehead atoms. The molecule has 98 valence electrons. The van der Waals surface area contributed by atoms with Crippen LogP contribution in [-0.2, 0) is 0 Å². The van der Waals surface area contributed by atoms with Crippen LogP contribution in [0, 0.1) is 12.7 Å². The highest BCUT2D eigenvalue weighted by Gasteiger charge is 2.18. The number of halogens is 1. The van der Waals surface area contributed by atoms with E-state index in [0.29, 0.717) is 5.69 Å². The summed E-state index contributed by atoms with van der Waals surface area (Å²) in [5.41, 5.74) is 7.63. The van der Waals surface area contributed by atoms with Gasteiger partial charge in [-0.05, 0) is 36.8 Å². The standard InChI is InChI=1S/C15H15FN2O/c1-10-5-3-4-6-14(10)18(2)15(19)12-9-11(17)7-8-13(12)16/h3-9H,17H2,1-2H3. The summed E-state index contributed by atoms with van der Waals surface area (Å²) in [6.45, 7) is 1.90. The van der Waals surface area contributed by atoms with Crippen LogP contribution >= 0.6 is 0 Å². The zero-order valence-electron chi connectivity index (χ0n) is 10.9. The predicted molar refractivity (Wildman–Crippen MR) is 74.7 cm³/mol. The van der Waals surface area contributed by atoms with E-state index >= 15 is 0 Å². The van der Waals surface area contributed by atoms with Gasteiger partial charge in [0.1, 0.15) is 5.82 Å². The summed E-state index contributed by atoms with van der Waals surface area (Å²) in [6, 6.07) is 11.4. The molecular weight excluding hydrogens is 243 g/mol. The first-order valence-corrected chi connectivity index (χ1v) is 5.89. The van der Waals surface area contributed by atoms with Gasteiger partial charge in [-0.15, -0.1) is 0 Å². The number of nitrogens with two attached hydrogens (primary N) is 1. The summed E-state index contributed by atoms with van der Waals surface area (Å²) < 4.78 is 13.7. The second kappa shape index (κ2) is 5.10. The fraction of sp³-hybridized carbons (Fsp3) is 0.133. The minimum atomic E-state index is -0.570. The third-order valence-electron chi connectivity index (χ3n) is 3.00. The third kappa shape index (κ3) is 2.57. The lowest BCUT2D eigenvalue weighted by atomic mass is 10.1. The molecular formula is C15H15FN2O. The van der Waals surface area contributed by atoms with Crippen molar-refractivity contribution in [1.29, 1.82) is 0 Å². The lowest BCUT2D eigenvalue weighted by Crippen LogP contribution is -2.27. The Hall–Kier alpha value is -2.36. The van der Waals surface area contributed by atoms with Gasteiger partial charge < -0.3 is 10.6 Å². The number of hydrogen-bond acceptors (Lipinski definition) is 2. The van der Waals surface area contributed by atoms with Crippen molar-refractivity contribution in [1.82, 2.24) is 0 Å². The topological polar surface area (TPSA) is 46.3 Å². The number of aryl methyl sites for hydroxylation is 1. The molecule has 4 heteroatoms. The first-order chi connectivity index (χ1) is 9.00. The zero-order valence-corrected chi connectivity index (χ0v) is 10.9.